The van der Waals surface area contributed by atoms with Gasteiger partial charge in [0.05, 0.1) is 11.4 Å². The zero-order chi connectivity index (χ0) is 29.8. The van der Waals surface area contributed by atoms with Crippen molar-refractivity contribution in [2.75, 3.05) is 43.6 Å². The zero-order valence-corrected chi connectivity index (χ0v) is 23.3. The van der Waals surface area contributed by atoms with Gasteiger partial charge in [-0.15, -0.1) is 0 Å². The first-order valence-corrected chi connectivity index (χ1v) is 13.0. The topological polar surface area (TPSA) is 144 Å². The van der Waals surface area contributed by atoms with E-state index >= 15 is 0 Å². The summed E-state index contributed by atoms with van der Waals surface area (Å²) >= 11 is 0. The molecule has 0 atom stereocenters. The SMILES string of the molecule is CN(C)CC=CC(=O)N(C)c1cccc(-n2c(=O)n(-c3ccc(C(=O)Nc4ccccn4)cc3)c3c(N)ncnc32)c1. The third-order valence-corrected chi connectivity index (χ3v) is 6.48. The second-order valence-electron chi connectivity index (χ2n) is 9.68. The Morgan fingerprint density at radius 1 is 0.929 bits per heavy atom. The van der Waals surface area contributed by atoms with Crippen molar-refractivity contribution in [2.45, 2.75) is 0 Å². The lowest BCUT2D eigenvalue weighted by Gasteiger charge is -2.16. The van der Waals surface area contributed by atoms with Crippen molar-refractivity contribution in [2.24, 2.45) is 0 Å². The number of hydrogen-bond donors (Lipinski definition) is 2. The molecule has 42 heavy (non-hydrogen) atoms. The molecule has 3 aromatic heterocycles. The molecule has 0 saturated carbocycles. The maximum absolute atomic E-state index is 13.9. The van der Waals surface area contributed by atoms with Crippen LogP contribution in [0.1, 0.15) is 10.4 Å². The summed E-state index contributed by atoms with van der Waals surface area (Å²) in [6.07, 6.45) is 6.17. The maximum Gasteiger partial charge on any atom is 0.339 e. The highest BCUT2D eigenvalue weighted by atomic mass is 16.2. The van der Waals surface area contributed by atoms with Crippen LogP contribution in [0.4, 0.5) is 17.3 Å². The van der Waals surface area contributed by atoms with Crippen LogP contribution in [0.15, 0.2) is 96.2 Å². The molecule has 3 N–H and O–H groups in total. The van der Waals surface area contributed by atoms with Gasteiger partial charge >= 0.3 is 5.69 Å². The van der Waals surface area contributed by atoms with E-state index in [9.17, 15) is 14.4 Å². The van der Waals surface area contributed by atoms with Crippen molar-refractivity contribution >= 4 is 40.3 Å². The quantitative estimate of drug-likeness (QED) is 0.274. The third-order valence-electron chi connectivity index (χ3n) is 6.48. The molecule has 0 bridgehead atoms. The monoisotopic (exact) mass is 563 g/mol. The van der Waals surface area contributed by atoms with Crippen LogP contribution >= 0.6 is 0 Å². The van der Waals surface area contributed by atoms with Crippen LogP contribution in [0, 0.1) is 0 Å². The Morgan fingerprint density at radius 2 is 1.71 bits per heavy atom. The number of fused-ring (bicyclic) bond motifs is 1. The van der Waals surface area contributed by atoms with Gasteiger partial charge in [0.2, 0.25) is 5.91 Å². The first kappa shape index (κ1) is 27.9. The number of nitrogens with two attached hydrogens (primary N) is 1. The number of pyridine rings is 1. The fourth-order valence-corrected chi connectivity index (χ4v) is 4.35. The second-order valence-corrected chi connectivity index (χ2v) is 9.68. The predicted molar refractivity (Wildman–Crippen MR) is 162 cm³/mol. The number of nitrogens with one attached hydrogen (secondary N) is 1. The molecule has 0 unspecified atom stereocenters. The summed E-state index contributed by atoms with van der Waals surface area (Å²) in [4.78, 5) is 55.4. The number of amides is 2. The normalized spacial score (nSPS) is 11.3. The van der Waals surface area contributed by atoms with E-state index in [0.717, 1.165) is 0 Å². The number of hydrogen-bond acceptors (Lipinski definition) is 8. The summed E-state index contributed by atoms with van der Waals surface area (Å²) in [7, 11) is 5.50. The van der Waals surface area contributed by atoms with E-state index in [1.807, 2.05) is 19.0 Å². The Kier molecular flexibility index (Phi) is 7.89. The molecule has 5 aromatic rings. The first-order valence-electron chi connectivity index (χ1n) is 13.0. The molecule has 0 radical (unpaired) electrons. The fraction of sp³-hybridized carbons (Fsp3) is 0.133. The number of likely N-dealkylation sites (N-methyl/N-ethyl adjacent to an activating group) is 2. The van der Waals surface area contributed by atoms with Gasteiger partial charge in [-0.2, -0.15) is 0 Å². The molecule has 0 aliphatic heterocycles. The number of anilines is 3. The van der Waals surface area contributed by atoms with Crippen LogP contribution in [0.25, 0.3) is 22.5 Å². The Labute approximate surface area is 241 Å². The molecule has 0 saturated heterocycles. The molecular formula is C30H29N9O3. The summed E-state index contributed by atoms with van der Waals surface area (Å²) in [6, 6.07) is 18.7. The van der Waals surface area contributed by atoms with Crippen molar-refractivity contribution in [3.05, 3.63) is 107 Å². The number of aromatic nitrogens is 5. The number of nitrogens with zero attached hydrogens (tertiary/aromatic N) is 7. The van der Waals surface area contributed by atoms with Crippen LogP contribution in [0.2, 0.25) is 0 Å². The van der Waals surface area contributed by atoms with Crippen molar-refractivity contribution in [1.29, 1.82) is 0 Å². The number of imidazole rings is 1. The number of carbonyl (C=O) groups excluding carboxylic acids is 2. The minimum atomic E-state index is -0.445. The molecule has 0 aliphatic rings. The molecule has 3 heterocycles. The average Bonchev–Trinajstić information content (AvgIpc) is 3.30. The Hall–Kier alpha value is -5.62. The van der Waals surface area contributed by atoms with Gasteiger partial charge in [-0.3, -0.25) is 14.2 Å². The van der Waals surface area contributed by atoms with Crippen LogP contribution in [-0.2, 0) is 4.79 Å². The van der Waals surface area contributed by atoms with E-state index in [1.165, 1.54) is 26.4 Å². The maximum atomic E-state index is 13.9. The van der Waals surface area contributed by atoms with Crippen LogP contribution < -0.4 is 21.6 Å². The fourth-order valence-electron chi connectivity index (χ4n) is 4.35. The lowest BCUT2D eigenvalue weighted by molar-refractivity contribution is -0.113. The Morgan fingerprint density at radius 3 is 2.43 bits per heavy atom. The summed E-state index contributed by atoms with van der Waals surface area (Å²) in [6.45, 7) is 0.630. The zero-order valence-electron chi connectivity index (χ0n) is 23.3. The molecule has 212 valence electrons. The van der Waals surface area contributed by atoms with E-state index in [2.05, 4.69) is 20.3 Å². The Balaban J connectivity index is 1.52. The standard InChI is InChI=1S/C30H29N9O3/c1-36(2)17-7-11-25(40)37(3)22-8-6-9-23(18-22)39-28-26(27(31)33-19-34-28)38(30(39)42)21-14-12-20(13-15-21)29(41)35-24-10-4-5-16-32-24/h4-16,18-19H,17H2,1-3H3,(H2,31,33,34)(H,32,35,41). The van der Waals surface area contributed by atoms with Gasteiger partial charge in [-0.1, -0.05) is 18.2 Å². The number of benzene rings is 2. The van der Waals surface area contributed by atoms with Gasteiger partial charge in [0.15, 0.2) is 11.5 Å². The van der Waals surface area contributed by atoms with Crippen LogP contribution in [0.3, 0.4) is 0 Å². The van der Waals surface area contributed by atoms with Crippen molar-refractivity contribution < 1.29 is 9.59 Å². The van der Waals surface area contributed by atoms with E-state index in [0.29, 0.717) is 46.2 Å². The molecule has 12 nitrogen and oxygen atoms in total. The van der Waals surface area contributed by atoms with Gasteiger partial charge in [0.1, 0.15) is 17.7 Å². The van der Waals surface area contributed by atoms with Crippen LogP contribution in [0.5, 0.6) is 0 Å². The molecule has 12 heteroatoms. The molecule has 2 aromatic carbocycles. The minimum Gasteiger partial charge on any atom is -0.382 e. The number of rotatable bonds is 8. The average molecular weight is 564 g/mol. The number of nitrogen functional groups attached to an aromatic ring is 1. The van der Waals surface area contributed by atoms with Gasteiger partial charge in [-0.05, 0) is 68.7 Å². The van der Waals surface area contributed by atoms with Gasteiger partial charge in [0, 0.05) is 37.1 Å². The smallest absolute Gasteiger partial charge is 0.339 e. The summed E-state index contributed by atoms with van der Waals surface area (Å²) in [5.74, 6) is -0.00955. The summed E-state index contributed by atoms with van der Waals surface area (Å²) in [5.41, 5.74) is 8.33. The third kappa shape index (κ3) is 5.64. The van der Waals surface area contributed by atoms with E-state index in [-0.39, 0.29) is 17.6 Å². The lowest BCUT2D eigenvalue weighted by atomic mass is 10.2. The first-order chi connectivity index (χ1) is 20.2. The van der Waals surface area contributed by atoms with E-state index in [1.54, 1.807) is 86.1 Å². The van der Waals surface area contributed by atoms with Crippen LogP contribution in [-0.4, -0.2) is 68.5 Å². The van der Waals surface area contributed by atoms with Crippen molar-refractivity contribution in [1.82, 2.24) is 29.0 Å². The highest BCUT2D eigenvalue weighted by Gasteiger charge is 2.21. The Bertz CT molecular complexity index is 1840. The molecule has 5 rings (SSSR count). The minimum absolute atomic E-state index is 0.113. The molecule has 0 aliphatic carbocycles. The van der Waals surface area contributed by atoms with Gasteiger partial charge in [-0.25, -0.2) is 24.3 Å². The second kappa shape index (κ2) is 11.9. The lowest BCUT2D eigenvalue weighted by Crippen LogP contribution is -2.25. The molecule has 0 fully saturated rings. The van der Waals surface area contributed by atoms with Gasteiger partial charge in [0.25, 0.3) is 5.91 Å². The van der Waals surface area contributed by atoms with Gasteiger partial charge < -0.3 is 20.9 Å². The van der Waals surface area contributed by atoms with E-state index in [4.69, 9.17) is 5.73 Å². The summed E-state index contributed by atoms with van der Waals surface area (Å²) < 4.78 is 2.81. The van der Waals surface area contributed by atoms with Crippen molar-refractivity contribution in [3.8, 4) is 11.4 Å². The molecule has 0 spiro atoms. The highest BCUT2D eigenvalue weighted by molar-refractivity contribution is 6.04. The molecule has 2 amide bonds. The largest absolute Gasteiger partial charge is 0.382 e. The number of carbonyl (C=O) groups is 2. The van der Waals surface area contributed by atoms with Crippen molar-refractivity contribution in [3.63, 3.8) is 0 Å². The highest BCUT2D eigenvalue weighted by Crippen LogP contribution is 2.25. The van der Waals surface area contributed by atoms with E-state index < -0.39 is 5.69 Å². The summed E-state index contributed by atoms with van der Waals surface area (Å²) in [5, 5.41) is 2.73. The molecular weight excluding hydrogens is 534 g/mol. The predicted octanol–water partition coefficient (Wildman–Crippen LogP) is 2.88.